The average Bonchev–Trinajstić information content (AvgIpc) is 2.74. The van der Waals surface area contributed by atoms with Crippen LogP contribution in [0.1, 0.15) is 10.4 Å². The number of methoxy groups -OCH3 is 2. The van der Waals surface area contributed by atoms with Crippen LogP contribution in [0.5, 0.6) is 0 Å². The van der Waals surface area contributed by atoms with Crippen molar-refractivity contribution in [2.75, 3.05) is 32.0 Å². The lowest BCUT2D eigenvalue weighted by Gasteiger charge is -2.20. The molecule has 0 fully saturated rings. The van der Waals surface area contributed by atoms with Gasteiger partial charge in [-0.05, 0) is 42.5 Å². The lowest BCUT2D eigenvalue weighted by Crippen LogP contribution is -2.40. The smallest absolute Gasteiger partial charge is 0.325 e. The van der Waals surface area contributed by atoms with E-state index in [1.54, 1.807) is 0 Å². The molecule has 0 bridgehead atoms. The molecule has 0 aliphatic heterocycles. The minimum Gasteiger partial charge on any atom is -0.468 e. The molecular formula is C19H18ClFN2O7S. The van der Waals surface area contributed by atoms with E-state index in [-0.39, 0.29) is 21.2 Å². The number of halogens is 2. The third-order valence-electron chi connectivity index (χ3n) is 3.97. The van der Waals surface area contributed by atoms with Gasteiger partial charge < -0.3 is 14.4 Å². The number of hydrogen-bond acceptors (Lipinski definition) is 7. The number of nitrogens with one attached hydrogen (secondary N) is 1. The first-order valence-corrected chi connectivity index (χ1v) is 10.4. The zero-order valence-corrected chi connectivity index (χ0v) is 18.0. The van der Waals surface area contributed by atoms with Gasteiger partial charge in [-0.1, -0.05) is 11.6 Å². The van der Waals surface area contributed by atoms with Gasteiger partial charge in [0.05, 0.1) is 24.1 Å². The molecule has 0 aromatic heterocycles. The Bertz CT molecular complexity index is 1070. The lowest BCUT2D eigenvalue weighted by atomic mass is 10.2. The summed E-state index contributed by atoms with van der Waals surface area (Å²) in [6.07, 6.45) is 0. The molecule has 166 valence electrons. The second-order valence-corrected chi connectivity index (χ2v) is 8.16. The Labute approximate surface area is 182 Å². The van der Waals surface area contributed by atoms with E-state index in [1.807, 2.05) is 0 Å². The highest BCUT2D eigenvalue weighted by atomic mass is 35.5. The Morgan fingerprint density at radius 1 is 1.00 bits per heavy atom. The van der Waals surface area contributed by atoms with Crippen LogP contribution >= 0.6 is 11.6 Å². The number of carbonyl (C=O) groups excluding carboxylic acids is 3. The van der Waals surface area contributed by atoms with Gasteiger partial charge in [-0.2, -0.15) is 0 Å². The van der Waals surface area contributed by atoms with Crippen molar-refractivity contribution < 1.29 is 36.7 Å². The highest BCUT2D eigenvalue weighted by Crippen LogP contribution is 2.22. The van der Waals surface area contributed by atoms with Gasteiger partial charge in [0.25, 0.3) is 15.9 Å². The van der Waals surface area contributed by atoms with Gasteiger partial charge in [0.1, 0.15) is 18.9 Å². The first-order chi connectivity index (χ1) is 14.6. The van der Waals surface area contributed by atoms with Crippen LogP contribution in [0.2, 0.25) is 5.02 Å². The zero-order valence-electron chi connectivity index (χ0n) is 16.4. The van der Waals surface area contributed by atoms with E-state index < -0.39 is 46.8 Å². The van der Waals surface area contributed by atoms with E-state index in [0.717, 1.165) is 37.3 Å². The minimum absolute atomic E-state index is 0.0839. The van der Waals surface area contributed by atoms with Crippen LogP contribution in [-0.2, 0) is 29.1 Å². The van der Waals surface area contributed by atoms with Crippen molar-refractivity contribution in [3.05, 3.63) is 58.9 Å². The topological polar surface area (TPSA) is 119 Å². The molecule has 0 heterocycles. The summed E-state index contributed by atoms with van der Waals surface area (Å²) in [5.74, 6) is -2.90. The zero-order chi connectivity index (χ0) is 23.2. The van der Waals surface area contributed by atoms with Crippen molar-refractivity contribution in [3.63, 3.8) is 0 Å². The third-order valence-corrected chi connectivity index (χ3v) is 5.64. The first kappa shape index (κ1) is 24.1. The number of benzene rings is 2. The van der Waals surface area contributed by atoms with E-state index in [4.69, 9.17) is 11.6 Å². The molecule has 31 heavy (non-hydrogen) atoms. The molecule has 0 aliphatic carbocycles. The van der Waals surface area contributed by atoms with Crippen LogP contribution in [-0.4, -0.2) is 58.5 Å². The number of carbonyl (C=O) groups is 3. The second-order valence-electron chi connectivity index (χ2n) is 6.07. The number of rotatable bonds is 8. The fraction of sp³-hybridized carbons (Fsp3) is 0.211. The van der Waals surface area contributed by atoms with Gasteiger partial charge in [0, 0.05) is 11.3 Å². The van der Waals surface area contributed by atoms with Crippen LogP contribution in [0.15, 0.2) is 47.4 Å². The standard InChI is InChI=1S/C19H18ClFN2O7S/c1-29-17(24)10-23(11-18(25)30-2)19(26)12-3-5-13(6-4-12)22-31(27,28)14-7-8-16(21)15(20)9-14/h3-9,22H,10-11H2,1-2H3. The average molecular weight is 473 g/mol. The normalized spacial score (nSPS) is 10.8. The van der Waals surface area contributed by atoms with Gasteiger partial charge in [-0.3, -0.25) is 19.1 Å². The van der Waals surface area contributed by atoms with E-state index in [1.165, 1.54) is 24.3 Å². The molecule has 0 unspecified atom stereocenters. The predicted octanol–water partition coefficient (Wildman–Crippen LogP) is 2.07. The van der Waals surface area contributed by atoms with Crippen LogP contribution in [0.4, 0.5) is 10.1 Å². The summed E-state index contributed by atoms with van der Waals surface area (Å²) in [7, 11) is -1.78. The van der Waals surface area contributed by atoms with Gasteiger partial charge in [-0.25, -0.2) is 12.8 Å². The predicted molar refractivity (Wildman–Crippen MR) is 109 cm³/mol. The highest BCUT2D eigenvalue weighted by Gasteiger charge is 2.23. The van der Waals surface area contributed by atoms with Crippen LogP contribution in [0.25, 0.3) is 0 Å². The third kappa shape index (κ3) is 6.40. The molecule has 0 saturated heterocycles. The molecule has 2 rings (SSSR count). The van der Waals surface area contributed by atoms with Crippen LogP contribution in [0, 0.1) is 5.82 Å². The fourth-order valence-corrected chi connectivity index (χ4v) is 3.69. The number of ether oxygens (including phenoxy) is 2. The summed E-state index contributed by atoms with van der Waals surface area (Å²) < 4.78 is 49.4. The molecule has 12 heteroatoms. The molecule has 0 aliphatic rings. The number of anilines is 1. The van der Waals surface area contributed by atoms with Gasteiger partial charge >= 0.3 is 11.9 Å². The molecule has 1 amide bonds. The van der Waals surface area contributed by atoms with E-state index in [0.29, 0.717) is 0 Å². The monoisotopic (exact) mass is 472 g/mol. The second kappa shape index (κ2) is 10.2. The largest absolute Gasteiger partial charge is 0.468 e. The summed E-state index contributed by atoms with van der Waals surface area (Å²) in [6, 6.07) is 8.18. The van der Waals surface area contributed by atoms with Crippen LogP contribution < -0.4 is 4.72 Å². The highest BCUT2D eigenvalue weighted by molar-refractivity contribution is 7.92. The molecule has 0 atom stereocenters. The van der Waals surface area contributed by atoms with Crippen molar-refractivity contribution in [2.45, 2.75) is 4.90 Å². The number of nitrogens with zero attached hydrogens (tertiary/aromatic N) is 1. The van der Waals surface area contributed by atoms with E-state index in [2.05, 4.69) is 14.2 Å². The van der Waals surface area contributed by atoms with Gasteiger partial charge in [0.2, 0.25) is 0 Å². The Morgan fingerprint density at radius 3 is 2.03 bits per heavy atom. The summed E-state index contributed by atoms with van der Waals surface area (Å²) in [5.41, 5.74) is 0.199. The quantitative estimate of drug-likeness (QED) is 0.584. The maximum atomic E-state index is 13.3. The number of sulfonamides is 1. The fourth-order valence-electron chi connectivity index (χ4n) is 2.36. The number of hydrogen-bond donors (Lipinski definition) is 1. The molecule has 0 spiro atoms. The minimum atomic E-state index is -4.06. The molecule has 9 nitrogen and oxygen atoms in total. The maximum Gasteiger partial charge on any atom is 0.325 e. The number of esters is 2. The Morgan fingerprint density at radius 2 is 1.55 bits per heavy atom. The van der Waals surface area contributed by atoms with Crippen molar-refractivity contribution in [3.8, 4) is 0 Å². The molecule has 2 aromatic rings. The molecule has 1 N–H and O–H groups in total. The van der Waals surface area contributed by atoms with Crippen molar-refractivity contribution in [1.82, 2.24) is 4.90 Å². The molecular weight excluding hydrogens is 455 g/mol. The summed E-state index contributed by atoms with van der Waals surface area (Å²) in [5, 5.41) is -0.347. The van der Waals surface area contributed by atoms with Crippen molar-refractivity contribution in [1.29, 1.82) is 0 Å². The molecule has 0 saturated carbocycles. The SMILES string of the molecule is COC(=O)CN(CC(=O)OC)C(=O)c1ccc(NS(=O)(=O)c2ccc(F)c(Cl)c2)cc1. The Hall–Kier alpha value is -3.18. The summed E-state index contributed by atoms with van der Waals surface area (Å²) in [4.78, 5) is 36.4. The van der Waals surface area contributed by atoms with Crippen molar-refractivity contribution in [2.24, 2.45) is 0 Å². The Balaban J connectivity index is 2.20. The van der Waals surface area contributed by atoms with Crippen molar-refractivity contribution >= 4 is 45.2 Å². The van der Waals surface area contributed by atoms with Crippen LogP contribution in [0.3, 0.4) is 0 Å². The maximum absolute atomic E-state index is 13.3. The van der Waals surface area contributed by atoms with E-state index in [9.17, 15) is 27.2 Å². The summed E-state index contributed by atoms with van der Waals surface area (Å²) >= 11 is 5.63. The number of amides is 1. The first-order valence-electron chi connectivity index (χ1n) is 8.58. The summed E-state index contributed by atoms with van der Waals surface area (Å²) in [6.45, 7) is -0.964. The van der Waals surface area contributed by atoms with E-state index >= 15 is 0 Å². The van der Waals surface area contributed by atoms with Gasteiger partial charge in [0.15, 0.2) is 0 Å². The molecule has 2 aromatic carbocycles. The van der Waals surface area contributed by atoms with Gasteiger partial charge in [-0.15, -0.1) is 0 Å². The lowest BCUT2D eigenvalue weighted by molar-refractivity contribution is -0.144. The molecule has 0 radical (unpaired) electrons. The Kier molecular flexibility index (Phi) is 7.95.